The minimum atomic E-state index is -0.475. The molecule has 1 amide bonds. The molecule has 1 rings (SSSR count). The third-order valence-electron chi connectivity index (χ3n) is 2.79. The number of methoxy groups -OCH3 is 1. The van der Waals surface area contributed by atoms with Crippen LogP contribution in [-0.4, -0.2) is 42.7 Å². The number of carbonyl (C=O) groups excluding carboxylic acids is 1. The maximum absolute atomic E-state index is 13.5. The molecule has 19 heavy (non-hydrogen) atoms. The van der Waals surface area contributed by atoms with Crippen LogP contribution in [0.4, 0.5) is 4.39 Å². The Morgan fingerprint density at radius 3 is 2.68 bits per heavy atom. The molecule has 0 bridgehead atoms. The fraction of sp³-hybridized carbons (Fsp3) is 0.500. The maximum Gasteiger partial charge on any atom is 0.227 e. The monoisotopic (exact) mass is 269 g/mol. The van der Waals surface area contributed by atoms with Gasteiger partial charge in [-0.2, -0.15) is 0 Å². The molecule has 0 spiro atoms. The summed E-state index contributed by atoms with van der Waals surface area (Å²) in [6.45, 7) is 2.80. The highest BCUT2D eigenvalue weighted by Crippen LogP contribution is 2.18. The number of carbonyl (C=O) groups is 1. The zero-order chi connectivity index (χ0) is 14.3. The quantitative estimate of drug-likeness (QED) is 0.818. The second kappa shape index (κ2) is 7.74. The van der Waals surface area contributed by atoms with Crippen LogP contribution in [-0.2, 0) is 11.2 Å². The van der Waals surface area contributed by atoms with Crippen LogP contribution in [0.15, 0.2) is 18.2 Å². The van der Waals surface area contributed by atoms with Crippen molar-refractivity contribution < 1.29 is 19.0 Å². The minimum Gasteiger partial charge on any atom is -0.494 e. The molecule has 0 aliphatic rings. The van der Waals surface area contributed by atoms with Crippen molar-refractivity contribution in [1.82, 2.24) is 4.90 Å². The summed E-state index contributed by atoms with van der Waals surface area (Å²) in [6.07, 6.45) is 0.948. The van der Waals surface area contributed by atoms with E-state index in [1.54, 1.807) is 11.0 Å². The fourth-order valence-electron chi connectivity index (χ4n) is 1.86. The highest BCUT2D eigenvalue weighted by atomic mass is 19.1. The molecule has 0 saturated carbocycles. The lowest BCUT2D eigenvalue weighted by Gasteiger charge is -2.21. The maximum atomic E-state index is 13.5. The van der Waals surface area contributed by atoms with Crippen molar-refractivity contribution in [2.75, 3.05) is 26.8 Å². The van der Waals surface area contributed by atoms with Crippen LogP contribution in [0.3, 0.4) is 0 Å². The van der Waals surface area contributed by atoms with E-state index in [0.29, 0.717) is 18.7 Å². The van der Waals surface area contributed by atoms with Crippen molar-refractivity contribution >= 4 is 5.91 Å². The van der Waals surface area contributed by atoms with E-state index in [1.807, 2.05) is 6.92 Å². The lowest BCUT2D eigenvalue weighted by Crippen LogP contribution is -2.35. The van der Waals surface area contributed by atoms with Gasteiger partial charge in [-0.25, -0.2) is 4.39 Å². The second-order valence-corrected chi connectivity index (χ2v) is 4.25. The number of hydrogen-bond acceptors (Lipinski definition) is 3. The molecular formula is C14H20FNO3. The normalized spacial score (nSPS) is 10.3. The average molecular weight is 269 g/mol. The number of aliphatic hydroxyl groups excluding tert-OH is 1. The fourth-order valence-corrected chi connectivity index (χ4v) is 1.86. The van der Waals surface area contributed by atoms with Crippen LogP contribution in [0.5, 0.6) is 5.75 Å². The highest BCUT2D eigenvalue weighted by Gasteiger charge is 2.13. The van der Waals surface area contributed by atoms with E-state index >= 15 is 0 Å². The Hall–Kier alpha value is -1.62. The molecule has 4 nitrogen and oxygen atoms in total. The van der Waals surface area contributed by atoms with Gasteiger partial charge in [0.2, 0.25) is 5.91 Å². The van der Waals surface area contributed by atoms with Gasteiger partial charge < -0.3 is 14.7 Å². The van der Waals surface area contributed by atoms with E-state index in [-0.39, 0.29) is 24.7 Å². The lowest BCUT2D eigenvalue weighted by molar-refractivity contribution is -0.131. The van der Waals surface area contributed by atoms with E-state index < -0.39 is 5.82 Å². The topological polar surface area (TPSA) is 49.8 Å². The van der Waals surface area contributed by atoms with E-state index in [0.717, 1.165) is 6.42 Å². The van der Waals surface area contributed by atoms with Crippen LogP contribution in [0, 0.1) is 5.82 Å². The summed E-state index contributed by atoms with van der Waals surface area (Å²) in [6, 6.07) is 4.48. The minimum absolute atomic E-state index is 0.0668. The van der Waals surface area contributed by atoms with Gasteiger partial charge in [-0.3, -0.25) is 4.79 Å². The summed E-state index contributed by atoms with van der Waals surface area (Å²) in [5.74, 6) is -0.422. The van der Waals surface area contributed by atoms with Crippen molar-refractivity contribution in [2.45, 2.75) is 19.8 Å². The molecule has 0 saturated heterocycles. The molecular weight excluding hydrogens is 249 g/mol. The molecule has 5 heteroatoms. The molecule has 1 aromatic carbocycles. The van der Waals surface area contributed by atoms with Crippen LogP contribution >= 0.6 is 0 Å². The van der Waals surface area contributed by atoms with Gasteiger partial charge in [0, 0.05) is 13.1 Å². The Labute approximate surface area is 112 Å². The number of hydrogen-bond donors (Lipinski definition) is 1. The Bertz CT molecular complexity index is 417. The summed E-state index contributed by atoms with van der Waals surface area (Å²) in [5, 5.41) is 8.92. The largest absolute Gasteiger partial charge is 0.494 e. The van der Waals surface area contributed by atoms with Crippen molar-refractivity contribution in [3.05, 3.63) is 29.6 Å². The number of aliphatic hydroxyl groups is 1. The Morgan fingerprint density at radius 2 is 2.16 bits per heavy atom. The third kappa shape index (κ3) is 4.52. The van der Waals surface area contributed by atoms with Crippen LogP contribution in [0.2, 0.25) is 0 Å². The zero-order valence-corrected chi connectivity index (χ0v) is 11.4. The summed E-state index contributed by atoms with van der Waals surface area (Å²) in [4.78, 5) is 13.6. The number of benzene rings is 1. The lowest BCUT2D eigenvalue weighted by atomic mass is 10.1. The van der Waals surface area contributed by atoms with Gasteiger partial charge in [0.15, 0.2) is 11.6 Å². The first kappa shape index (κ1) is 15.4. The molecule has 0 unspecified atom stereocenters. The summed E-state index contributed by atoms with van der Waals surface area (Å²) in [7, 11) is 1.40. The molecule has 0 aliphatic carbocycles. The van der Waals surface area contributed by atoms with Gasteiger partial charge >= 0.3 is 0 Å². The first-order chi connectivity index (χ1) is 9.12. The number of amides is 1. The molecule has 0 heterocycles. The van der Waals surface area contributed by atoms with Gasteiger partial charge in [-0.15, -0.1) is 0 Å². The predicted molar refractivity (Wildman–Crippen MR) is 70.6 cm³/mol. The van der Waals surface area contributed by atoms with Crippen LogP contribution in [0.1, 0.15) is 18.9 Å². The van der Waals surface area contributed by atoms with Crippen molar-refractivity contribution in [1.29, 1.82) is 0 Å². The Balaban J connectivity index is 2.71. The number of rotatable bonds is 7. The molecule has 0 aromatic heterocycles. The number of ether oxygens (including phenoxy) is 1. The van der Waals surface area contributed by atoms with Crippen LogP contribution in [0.25, 0.3) is 0 Å². The predicted octanol–water partition coefficient (Wildman–Crippen LogP) is 1.61. The van der Waals surface area contributed by atoms with Gasteiger partial charge in [-0.05, 0) is 24.1 Å². The van der Waals surface area contributed by atoms with Crippen LogP contribution < -0.4 is 4.74 Å². The smallest absolute Gasteiger partial charge is 0.227 e. The highest BCUT2D eigenvalue weighted by molar-refractivity contribution is 5.78. The Morgan fingerprint density at radius 1 is 1.42 bits per heavy atom. The second-order valence-electron chi connectivity index (χ2n) is 4.25. The molecule has 0 radical (unpaired) electrons. The van der Waals surface area contributed by atoms with Crippen molar-refractivity contribution in [3.8, 4) is 5.75 Å². The summed E-state index contributed by atoms with van der Waals surface area (Å²) >= 11 is 0. The number of nitrogens with zero attached hydrogens (tertiary/aromatic N) is 1. The third-order valence-corrected chi connectivity index (χ3v) is 2.79. The first-order valence-corrected chi connectivity index (χ1v) is 6.33. The van der Waals surface area contributed by atoms with E-state index in [4.69, 9.17) is 9.84 Å². The van der Waals surface area contributed by atoms with Crippen molar-refractivity contribution in [2.24, 2.45) is 0 Å². The van der Waals surface area contributed by atoms with Gasteiger partial charge in [0.05, 0.1) is 20.1 Å². The molecule has 0 fully saturated rings. The average Bonchev–Trinajstić information content (AvgIpc) is 2.38. The zero-order valence-electron chi connectivity index (χ0n) is 11.4. The van der Waals surface area contributed by atoms with Gasteiger partial charge in [-0.1, -0.05) is 13.0 Å². The Kier molecular flexibility index (Phi) is 6.29. The molecule has 0 aliphatic heterocycles. The van der Waals surface area contributed by atoms with Crippen molar-refractivity contribution in [3.63, 3.8) is 0 Å². The van der Waals surface area contributed by atoms with E-state index in [9.17, 15) is 9.18 Å². The number of halogens is 1. The summed E-state index contributed by atoms with van der Waals surface area (Å²) < 4.78 is 18.3. The standard InChI is InChI=1S/C14H20FNO3/c1-3-6-16(7-8-17)14(18)10-11-4-5-13(19-2)12(15)9-11/h4-5,9,17H,3,6-8,10H2,1-2H3. The van der Waals surface area contributed by atoms with Gasteiger partial charge in [0.25, 0.3) is 0 Å². The molecule has 0 atom stereocenters. The first-order valence-electron chi connectivity index (χ1n) is 6.33. The van der Waals surface area contributed by atoms with E-state index in [1.165, 1.54) is 19.2 Å². The van der Waals surface area contributed by atoms with Gasteiger partial charge in [0.1, 0.15) is 0 Å². The SMILES string of the molecule is CCCN(CCO)C(=O)Cc1ccc(OC)c(F)c1. The molecule has 1 aromatic rings. The molecule has 106 valence electrons. The molecule has 1 N–H and O–H groups in total. The van der Waals surface area contributed by atoms with E-state index in [2.05, 4.69) is 0 Å². The summed E-state index contributed by atoms with van der Waals surface area (Å²) in [5.41, 5.74) is 0.599.